The van der Waals surface area contributed by atoms with Gasteiger partial charge in [0.2, 0.25) is 5.91 Å². The first-order valence-electron chi connectivity index (χ1n) is 6.64. The van der Waals surface area contributed by atoms with E-state index in [1.807, 2.05) is 12.1 Å². The number of benzene rings is 2. The Balaban J connectivity index is 1.85. The van der Waals surface area contributed by atoms with Crippen molar-refractivity contribution in [2.24, 2.45) is 0 Å². The first kappa shape index (κ1) is 13.9. The third-order valence-corrected chi connectivity index (χ3v) is 4.15. The zero-order valence-electron chi connectivity index (χ0n) is 11.2. The van der Waals surface area contributed by atoms with Gasteiger partial charge in [0.05, 0.1) is 16.1 Å². The van der Waals surface area contributed by atoms with Crippen molar-refractivity contribution >= 4 is 28.9 Å². The zero-order valence-corrected chi connectivity index (χ0v) is 12.0. The van der Waals surface area contributed by atoms with E-state index in [9.17, 15) is 9.18 Å². The Labute approximate surface area is 126 Å². The van der Waals surface area contributed by atoms with Crippen LogP contribution in [0.3, 0.4) is 0 Å². The van der Waals surface area contributed by atoms with Gasteiger partial charge in [0.1, 0.15) is 5.82 Å². The lowest BCUT2D eigenvalue weighted by molar-refractivity contribution is -0.118. The molecule has 0 spiro atoms. The van der Waals surface area contributed by atoms with E-state index in [1.54, 1.807) is 12.1 Å². The number of carbonyl (C=O) groups is 1. The maximum Gasteiger partial charge on any atom is 0.235 e. The van der Waals surface area contributed by atoms with Gasteiger partial charge in [-0.05, 0) is 48.7 Å². The Bertz CT molecular complexity index is 696. The molecule has 0 atom stereocenters. The largest absolute Gasteiger partial charge is 0.399 e. The minimum atomic E-state index is -0.552. The van der Waals surface area contributed by atoms with Gasteiger partial charge in [-0.25, -0.2) is 4.39 Å². The van der Waals surface area contributed by atoms with Crippen molar-refractivity contribution in [1.82, 2.24) is 0 Å². The fourth-order valence-corrected chi connectivity index (χ4v) is 2.57. The van der Waals surface area contributed by atoms with Crippen LogP contribution in [0.5, 0.6) is 0 Å². The van der Waals surface area contributed by atoms with Crippen molar-refractivity contribution in [3.63, 3.8) is 0 Å². The molecule has 1 amide bonds. The van der Waals surface area contributed by atoms with Crippen molar-refractivity contribution in [3.8, 4) is 0 Å². The first-order valence-corrected chi connectivity index (χ1v) is 7.02. The third kappa shape index (κ3) is 2.59. The third-order valence-electron chi connectivity index (χ3n) is 3.82. The van der Waals surface area contributed by atoms with Crippen LogP contribution < -0.4 is 11.1 Å². The van der Waals surface area contributed by atoms with E-state index in [0.717, 1.165) is 18.4 Å². The molecule has 21 heavy (non-hydrogen) atoms. The van der Waals surface area contributed by atoms with Crippen LogP contribution >= 0.6 is 11.6 Å². The Morgan fingerprint density at radius 1 is 1.19 bits per heavy atom. The van der Waals surface area contributed by atoms with Crippen LogP contribution in [0.1, 0.15) is 18.4 Å². The molecule has 3 N–H and O–H groups in total. The molecule has 1 saturated carbocycles. The number of hydrogen-bond acceptors (Lipinski definition) is 2. The Morgan fingerprint density at radius 2 is 1.86 bits per heavy atom. The minimum absolute atomic E-state index is 0.167. The summed E-state index contributed by atoms with van der Waals surface area (Å²) in [5, 5.41) is 3.04. The van der Waals surface area contributed by atoms with Gasteiger partial charge in [-0.15, -0.1) is 0 Å². The van der Waals surface area contributed by atoms with Gasteiger partial charge in [0.25, 0.3) is 0 Å². The number of anilines is 2. The van der Waals surface area contributed by atoms with E-state index in [-0.39, 0.29) is 5.91 Å². The highest BCUT2D eigenvalue weighted by Gasteiger charge is 2.51. The molecule has 2 aromatic carbocycles. The standard InChI is InChI=1S/C16H14ClFN2O/c17-13-6-3-11(18)9-14(13)20-15(21)16(7-8-16)10-1-4-12(19)5-2-10/h1-6,9H,7-8,19H2,(H,20,21). The van der Waals surface area contributed by atoms with E-state index in [0.29, 0.717) is 16.4 Å². The second kappa shape index (κ2) is 5.04. The number of halogens is 2. The first-order chi connectivity index (χ1) is 10.0. The summed E-state index contributed by atoms with van der Waals surface area (Å²) in [5.41, 5.74) is 6.98. The summed E-state index contributed by atoms with van der Waals surface area (Å²) in [6.07, 6.45) is 1.52. The fraction of sp³-hybridized carbons (Fsp3) is 0.188. The summed E-state index contributed by atoms with van der Waals surface area (Å²) in [4.78, 5) is 12.5. The van der Waals surface area contributed by atoms with Crippen molar-refractivity contribution in [1.29, 1.82) is 0 Å². The van der Waals surface area contributed by atoms with E-state index in [4.69, 9.17) is 17.3 Å². The molecule has 0 saturated heterocycles. The van der Waals surface area contributed by atoms with Crippen molar-refractivity contribution in [2.75, 3.05) is 11.1 Å². The highest BCUT2D eigenvalue weighted by molar-refractivity contribution is 6.33. The van der Waals surface area contributed by atoms with Crippen LogP contribution in [0.15, 0.2) is 42.5 Å². The molecule has 1 fully saturated rings. The van der Waals surface area contributed by atoms with Crippen LogP contribution in [0.25, 0.3) is 0 Å². The number of hydrogen-bond donors (Lipinski definition) is 2. The van der Waals surface area contributed by atoms with Crippen molar-refractivity contribution in [2.45, 2.75) is 18.3 Å². The summed E-state index contributed by atoms with van der Waals surface area (Å²) in [6, 6.07) is 11.2. The van der Waals surface area contributed by atoms with E-state index < -0.39 is 11.2 Å². The van der Waals surface area contributed by atoms with Crippen molar-refractivity contribution in [3.05, 3.63) is 58.9 Å². The average molecular weight is 305 g/mol. The molecular weight excluding hydrogens is 291 g/mol. The zero-order chi connectivity index (χ0) is 15.0. The highest BCUT2D eigenvalue weighted by atomic mass is 35.5. The van der Waals surface area contributed by atoms with E-state index in [2.05, 4.69) is 5.32 Å². The SMILES string of the molecule is Nc1ccc(C2(C(=O)Nc3cc(F)ccc3Cl)CC2)cc1. The molecule has 108 valence electrons. The molecule has 0 heterocycles. The van der Waals surface area contributed by atoms with Crippen molar-refractivity contribution < 1.29 is 9.18 Å². The molecule has 5 heteroatoms. The summed E-state index contributed by atoms with van der Waals surface area (Å²) >= 11 is 5.98. The van der Waals surface area contributed by atoms with Crippen LogP contribution in [0.2, 0.25) is 5.02 Å². The van der Waals surface area contributed by atoms with Gasteiger partial charge in [-0.1, -0.05) is 23.7 Å². The summed E-state index contributed by atoms with van der Waals surface area (Å²) < 4.78 is 13.3. The number of amides is 1. The quantitative estimate of drug-likeness (QED) is 0.849. The Kier molecular flexibility index (Phi) is 3.33. The second-order valence-electron chi connectivity index (χ2n) is 5.28. The predicted octanol–water partition coefficient (Wildman–Crippen LogP) is 3.73. The van der Waals surface area contributed by atoms with Gasteiger partial charge in [0, 0.05) is 5.69 Å². The van der Waals surface area contributed by atoms with Crippen LogP contribution in [0, 0.1) is 5.82 Å². The van der Waals surface area contributed by atoms with E-state index >= 15 is 0 Å². The lowest BCUT2D eigenvalue weighted by Crippen LogP contribution is -2.28. The van der Waals surface area contributed by atoms with Gasteiger partial charge in [-0.2, -0.15) is 0 Å². The molecule has 1 aliphatic carbocycles. The smallest absolute Gasteiger partial charge is 0.235 e. The number of nitrogen functional groups attached to an aromatic ring is 1. The highest BCUT2D eigenvalue weighted by Crippen LogP contribution is 2.49. The van der Waals surface area contributed by atoms with Gasteiger partial charge >= 0.3 is 0 Å². The Hall–Kier alpha value is -2.07. The molecule has 0 unspecified atom stereocenters. The molecule has 0 aliphatic heterocycles. The van der Waals surface area contributed by atoms with Crippen LogP contribution in [-0.4, -0.2) is 5.91 Å². The molecular formula is C16H14ClFN2O. The normalized spacial score (nSPS) is 15.5. The molecule has 0 aromatic heterocycles. The van der Waals surface area contributed by atoms with Gasteiger partial charge < -0.3 is 11.1 Å². The maximum absolute atomic E-state index is 13.3. The molecule has 3 nitrogen and oxygen atoms in total. The Morgan fingerprint density at radius 3 is 2.48 bits per heavy atom. The van der Waals surface area contributed by atoms with Gasteiger partial charge in [-0.3, -0.25) is 4.79 Å². The molecule has 1 aliphatic rings. The minimum Gasteiger partial charge on any atom is -0.399 e. The summed E-state index contributed by atoms with van der Waals surface area (Å²) in [5.74, 6) is -0.605. The van der Waals surface area contributed by atoms with Gasteiger partial charge in [0.15, 0.2) is 0 Å². The summed E-state index contributed by atoms with van der Waals surface area (Å²) in [7, 11) is 0. The maximum atomic E-state index is 13.3. The number of nitrogens with two attached hydrogens (primary N) is 1. The monoisotopic (exact) mass is 304 g/mol. The molecule has 2 aromatic rings. The average Bonchev–Trinajstić information content (AvgIpc) is 3.25. The predicted molar refractivity (Wildman–Crippen MR) is 81.8 cm³/mol. The topological polar surface area (TPSA) is 55.1 Å². The summed E-state index contributed by atoms with van der Waals surface area (Å²) in [6.45, 7) is 0. The lowest BCUT2D eigenvalue weighted by Gasteiger charge is -2.16. The number of rotatable bonds is 3. The molecule has 0 bridgehead atoms. The van der Waals surface area contributed by atoms with E-state index in [1.165, 1.54) is 18.2 Å². The second-order valence-corrected chi connectivity index (χ2v) is 5.69. The van der Waals surface area contributed by atoms with Crippen LogP contribution in [-0.2, 0) is 10.2 Å². The molecule has 3 rings (SSSR count). The lowest BCUT2D eigenvalue weighted by atomic mass is 9.94. The number of nitrogens with one attached hydrogen (secondary N) is 1. The fourth-order valence-electron chi connectivity index (χ4n) is 2.41. The van der Waals surface area contributed by atoms with Crippen LogP contribution in [0.4, 0.5) is 15.8 Å². The molecule has 0 radical (unpaired) electrons. The number of carbonyl (C=O) groups excluding carboxylic acids is 1.